The third-order valence-electron chi connectivity index (χ3n) is 3.44. The second-order valence-corrected chi connectivity index (χ2v) is 5.25. The van der Waals surface area contributed by atoms with Gasteiger partial charge in [0.2, 0.25) is 0 Å². The van der Waals surface area contributed by atoms with Crippen molar-refractivity contribution in [1.29, 1.82) is 0 Å². The summed E-state index contributed by atoms with van der Waals surface area (Å²) in [5.74, 6) is 0.255. The van der Waals surface area contributed by atoms with Crippen molar-refractivity contribution in [2.24, 2.45) is 0 Å². The molecule has 3 nitrogen and oxygen atoms in total. The molecule has 0 spiro atoms. The van der Waals surface area contributed by atoms with Gasteiger partial charge in [0.25, 0.3) is 0 Å². The molecule has 1 N–H and O–H groups in total. The van der Waals surface area contributed by atoms with Gasteiger partial charge in [0.1, 0.15) is 6.04 Å². The molecule has 1 aromatic rings. The first-order valence-electron chi connectivity index (χ1n) is 6.93. The minimum absolute atomic E-state index is 0.238. The Labute approximate surface area is 116 Å². The van der Waals surface area contributed by atoms with E-state index in [1.807, 2.05) is 12.1 Å². The predicted octanol–water partition coefficient (Wildman–Crippen LogP) is 3.41. The second kappa shape index (κ2) is 7.29. The smallest absolute Gasteiger partial charge is 0.327 e. The fraction of sp³-hybridized carbons (Fsp3) is 0.562. The maximum atomic E-state index is 11.9. The number of hydrogen-bond donors (Lipinski definition) is 1. The van der Waals surface area contributed by atoms with Crippen LogP contribution in [0.25, 0.3) is 0 Å². The van der Waals surface area contributed by atoms with E-state index in [0.29, 0.717) is 5.92 Å². The number of ether oxygens (including phenoxy) is 1. The lowest BCUT2D eigenvalue weighted by atomic mass is 9.98. The molecule has 0 radical (unpaired) electrons. The molecule has 0 aliphatic carbocycles. The van der Waals surface area contributed by atoms with Gasteiger partial charge in [-0.15, -0.1) is 0 Å². The molecule has 2 unspecified atom stereocenters. The number of esters is 1. The summed E-state index contributed by atoms with van der Waals surface area (Å²) in [6, 6.07) is 8.05. The van der Waals surface area contributed by atoms with Crippen molar-refractivity contribution in [3.63, 3.8) is 0 Å². The predicted molar refractivity (Wildman–Crippen MR) is 78.2 cm³/mol. The van der Waals surface area contributed by atoms with E-state index < -0.39 is 0 Å². The molecule has 0 fully saturated rings. The number of methoxy groups -OCH3 is 1. The lowest BCUT2D eigenvalue weighted by Crippen LogP contribution is -2.35. The van der Waals surface area contributed by atoms with Crippen LogP contribution in [0.1, 0.15) is 57.2 Å². The van der Waals surface area contributed by atoms with E-state index in [0.717, 1.165) is 12.0 Å². The summed E-state index contributed by atoms with van der Waals surface area (Å²) in [6.45, 7) is 8.47. The van der Waals surface area contributed by atoms with Crippen LogP contribution < -0.4 is 5.32 Å². The van der Waals surface area contributed by atoms with Gasteiger partial charge in [-0.25, -0.2) is 4.79 Å². The van der Waals surface area contributed by atoms with Gasteiger partial charge in [-0.1, -0.05) is 45.0 Å². The molecule has 1 aromatic carbocycles. The van der Waals surface area contributed by atoms with Crippen LogP contribution in [0.15, 0.2) is 24.3 Å². The van der Waals surface area contributed by atoms with Crippen molar-refractivity contribution in [3.05, 3.63) is 35.4 Å². The van der Waals surface area contributed by atoms with E-state index in [4.69, 9.17) is 4.74 Å². The van der Waals surface area contributed by atoms with E-state index in [2.05, 4.69) is 45.1 Å². The van der Waals surface area contributed by atoms with Crippen LogP contribution >= 0.6 is 0 Å². The summed E-state index contributed by atoms with van der Waals surface area (Å²) in [6.07, 6.45) is 0.970. The first kappa shape index (κ1) is 15.7. The minimum Gasteiger partial charge on any atom is -0.468 e. The third-order valence-corrected chi connectivity index (χ3v) is 3.44. The Bertz CT molecular complexity index is 398. The van der Waals surface area contributed by atoms with Gasteiger partial charge >= 0.3 is 5.97 Å². The molecule has 0 saturated carbocycles. The maximum Gasteiger partial charge on any atom is 0.327 e. The van der Waals surface area contributed by atoms with E-state index >= 15 is 0 Å². The molecule has 0 aliphatic rings. The van der Waals surface area contributed by atoms with Gasteiger partial charge in [0.05, 0.1) is 7.11 Å². The number of carbonyl (C=O) groups is 1. The van der Waals surface area contributed by atoms with Gasteiger partial charge in [-0.05, 0) is 30.4 Å². The van der Waals surface area contributed by atoms with Crippen LogP contribution in [0.5, 0.6) is 0 Å². The number of nitrogens with one attached hydrogen (secondary N) is 1. The summed E-state index contributed by atoms with van der Waals surface area (Å²) >= 11 is 0. The monoisotopic (exact) mass is 263 g/mol. The standard InChI is InChI=1S/C16H25NO2/c1-6-12(4)17-15(16(18)19-5)14-9-7-13(8-10-14)11(2)3/h7-12,15,17H,6H2,1-5H3. The summed E-state index contributed by atoms with van der Waals surface area (Å²) in [5.41, 5.74) is 2.23. The SMILES string of the molecule is CCC(C)NC(C(=O)OC)c1ccc(C(C)C)cc1. The van der Waals surface area contributed by atoms with Gasteiger partial charge in [0, 0.05) is 6.04 Å². The first-order chi connectivity index (χ1) is 8.99. The highest BCUT2D eigenvalue weighted by molar-refractivity contribution is 5.77. The average Bonchev–Trinajstić information content (AvgIpc) is 2.43. The molecule has 0 aliphatic heterocycles. The van der Waals surface area contributed by atoms with E-state index in [1.165, 1.54) is 12.7 Å². The molecule has 0 heterocycles. The molecule has 1 rings (SSSR count). The van der Waals surface area contributed by atoms with Gasteiger partial charge in [-0.2, -0.15) is 0 Å². The molecule has 2 atom stereocenters. The highest BCUT2D eigenvalue weighted by Crippen LogP contribution is 2.20. The quantitative estimate of drug-likeness (QED) is 0.799. The molecule has 0 saturated heterocycles. The van der Waals surface area contributed by atoms with Crippen LogP contribution in [-0.2, 0) is 9.53 Å². The normalized spacial score (nSPS) is 14.2. The van der Waals surface area contributed by atoms with Crippen LogP contribution in [-0.4, -0.2) is 19.1 Å². The van der Waals surface area contributed by atoms with Crippen molar-refractivity contribution < 1.29 is 9.53 Å². The zero-order valence-corrected chi connectivity index (χ0v) is 12.6. The molecule has 0 aromatic heterocycles. The molecule has 3 heteroatoms. The Morgan fingerprint density at radius 2 is 1.68 bits per heavy atom. The van der Waals surface area contributed by atoms with Gasteiger partial charge in [0.15, 0.2) is 0 Å². The zero-order valence-electron chi connectivity index (χ0n) is 12.6. The number of carbonyl (C=O) groups excluding carboxylic acids is 1. The summed E-state index contributed by atoms with van der Waals surface area (Å²) in [5, 5.41) is 3.31. The Morgan fingerprint density at radius 1 is 1.16 bits per heavy atom. The summed E-state index contributed by atoms with van der Waals surface area (Å²) < 4.78 is 4.89. The molecule has 0 amide bonds. The Morgan fingerprint density at radius 3 is 2.11 bits per heavy atom. The lowest BCUT2D eigenvalue weighted by molar-refractivity contribution is -0.143. The largest absolute Gasteiger partial charge is 0.468 e. The van der Waals surface area contributed by atoms with Crippen molar-refractivity contribution >= 4 is 5.97 Å². The fourth-order valence-electron chi connectivity index (χ4n) is 1.89. The highest BCUT2D eigenvalue weighted by Gasteiger charge is 2.22. The lowest BCUT2D eigenvalue weighted by Gasteiger charge is -2.21. The Hall–Kier alpha value is -1.35. The summed E-state index contributed by atoms with van der Waals surface area (Å²) in [7, 11) is 1.43. The number of hydrogen-bond acceptors (Lipinski definition) is 3. The highest BCUT2D eigenvalue weighted by atomic mass is 16.5. The average molecular weight is 263 g/mol. The van der Waals surface area contributed by atoms with Crippen molar-refractivity contribution in [1.82, 2.24) is 5.32 Å². The molecule has 0 bridgehead atoms. The molecule has 106 valence electrons. The van der Waals surface area contributed by atoms with E-state index in [-0.39, 0.29) is 18.1 Å². The Kier molecular flexibility index (Phi) is 6.03. The first-order valence-corrected chi connectivity index (χ1v) is 6.93. The van der Waals surface area contributed by atoms with Crippen LogP contribution in [0.2, 0.25) is 0 Å². The van der Waals surface area contributed by atoms with Crippen LogP contribution in [0.4, 0.5) is 0 Å². The molecular weight excluding hydrogens is 238 g/mol. The number of rotatable bonds is 6. The maximum absolute atomic E-state index is 11.9. The summed E-state index contributed by atoms with van der Waals surface area (Å²) in [4.78, 5) is 11.9. The van der Waals surface area contributed by atoms with Gasteiger partial charge in [-0.3, -0.25) is 5.32 Å². The van der Waals surface area contributed by atoms with E-state index in [9.17, 15) is 4.79 Å². The van der Waals surface area contributed by atoms with Crippen molar-refractivity contribution in [2.45, 2.75) is 52.1 Å². The third kappa shape index (κ3) is 4.35. The minimum atomic E-state index is -0.388. The fourth-order valence-corrected chi connectivity index (χ4v) is 1.89. The molecule has 19 heavy (non-hydrogen) atoms. The van der Waals surface area contributed by atoms with Crippen LogP contribution in [0, 0.1) is 0 Å². The molecular formula is C16H25NO2. The van der Waals surface area contributed by atoms with Crippen molar-refractivity contribution in [3.8, 4) is 0 Å². The van der Waals surface area contributed by atoms with Gasteiger partial charge < -0.3 is 4.74 Å². The zero-order chi connectivity index (χ0) is 14.4. The number of benzene rings is 1. The van der Waals surface area contributed by atoms with Crippen molar-refractivity contribution in [2.75, 3.05) is 7.11 Å². The Balaban J connectivity index is 2.93. The second-order valence-electron chi connectivity index (χ2n) is 5.25. The topological polar surface area (TPSA) is 38.3 Å². The van der Waals surface area contributed by atoms with E-state index in [1.54, 1.807) is 0 Å². The van der Waals surface area contributed by atoms with Crippen LogP contribution in [0.3, 0.4) is 0 Å².